The van der Waals surface area contributed by atoms with E-state index in [1.807, 2.05) is 32.8 Å². The molecule has 0 radical (unpaired) electrons. The minimum Gasteiger partial charge on any atom is -0.355 e. The number of hydrogen-bond donors (Lipinski definition) is 1. The van der Waals surface area contributed by atoms with Gasteiger partial charge in [-0.3, -0.25) is 9.59 Å². The molecular weight excluding hydrogens is 408 g/mol. The molecule has 2 heterocycles. The summed E-state index contributed by atoms with van der Waals surface area (Å²) in [5.41, 5.74) is 3.05. The number of hydrogen-bond acceptors (Lipinski definition) is 5. The van der Waals surface area contributed by atoms with Gasteiger partial charge in [-0.25, -0.2) is 4.98 Å². The van der Waals surface area contributed by atoms with Crippen LogP contribution >= 0.6 is 11.3 Å². The summed E-state index contributed by atoms with van der Waals surface area (Å²) in [6, 6.07) is 8.24. The van der Waals surface area contributed by atoms with Crippen molar-refractivity contribution in [3.8, 4) is 10.6 Å². The highest BCUT2D eigenvalue weighted by Gasteiger charge is 2.31. The van der Waals surface area contributed by atoms with Gasteiger partial charge in [0.2, 0.25) is 5.91 Å². The van der Waals surface area contributed by atoms with Crippen molar-refractivity contribution in [3.05, 3.63) is 40.4 Å². The Morgan fingerprint density at radius 2 is 1.84 bits per heavy atom. The van der Waals surface area contributed by atoms with Crippen LogP contribution in [0.15, 0.2) is 24.3 Å². The highest BCUT2D eigenvalue weighted by Crippen LogP contribution is 2.31. The molecule has 168 valence electrons. The zero-order chi connectivity index (χ0) is 22.5. The molecule has 1 aromatic carbocycles. The van der Waals surface area contributed by atoms with Gasteiger partial charge in [0.25, 0.3) is 5.91 Å². The van der Waals surface area contributed by atoms with Crippen LogP contribution in [0.1, 0.15) is 40.7 Å². The Hall–Kier alpha value is -2.25. The van der Waals surface area contributed by atoms with Crippen molar-refractivity contribution in [1.82, 2.24) is 20.1 Å². The van der Waals surface area contributed by atoms with E-state index in [1.54, 1.807) is 0 Å². The van der Waals surface area contributed by atoms with E-state index in [0.717, 1.165) is 40.5 Å². The first-order valence-corrected chi connectivity index (χ1v) is 11.8. The van der Waals surface area contributed by atoms with Crippen molar-refractivity contribution in [2.75, 3.05) is 40.3 Å². The maximum absolute atomic E-state index is 13.1. The smallest absolute Gasteiger partial charge is 0.265 e. The third-order valence-electron chi connectivity index (χ3n) is 6.10. The standard InChI is InChI=1S/C24H34N4O2S/c1-16-6-8-20(9-7-16)23-26-18(3)21(31-23)24(30)28-13-10-19(11-14-28)17(2)22(29)25-12-15-27(4)5/h6-9,17,19H,10-15H2,1-5H3,(H,25,29). The van der Waals surface area contributed by atoms with Crippen LogP contribution in [0.3, 0.4) is 0 Å². The highest BCUT2D eigenvalue weighted by atomic mass is 32.1. The van der Waals surface area contributed by atoms with Crippen LogP contribution in [0.4, 0.5) is 0 Å². The van der Waals surface area contributed by atoms with E-state index in [0.29, 0.717) is 25.6 Å². The number of aromatic nitrogens is 1. The molecule has 1 N–H and O–H groups in total. The van der Waals surface area contributed by atoms with Crippen LogP contribution < -0.4 is 5.32 Å². The SMILES string of the molecule is Cc1ccc(-c2nc(C)c(C(=O)N3CCC(C(C)C(=O)NCCN(C)C)CC3)s2)cc1. The highest BCUT2D eigenvalue weighted by molar-refractivity contribution is 7.17. The predicted octanol–water partition coefficient (Wildman–Crippen LogP) is 3.59. The van der Waals surface area contributed by atoms with Crippen molar-refractivity contribution in [2.24, 2.45) is 11.8 Å². The van der Waals surface area contributed by atoms with E-state index in [-0.39, 0.29) is 17.7 Å². The Balaban J connectivity index is 1.57. The molecule has 2 amide bonds. The van der Waals surface area contributed by atoms with Crippen LogP contribution in [-0.2, 0) is 4.79 Å². The number of thiazole rings is 1. The molecular formula is C24H34N4O2S. The minimum atomic E-state index is -0.0299. The number of carbonyl (C=O) groups is 2. The number of amides is 2. The fraction of sp³-hybridized carbons (Fsp3) is 0.542. The van der Waals surface area contributed by atoms with Crippen molar-refractivity contribution >= 4 is 23.2 Å². The number of nitrogens with one attached hydrogen (secondary N) is 1. The van der Waals surface area contributed by atoms with Gasteiger partial charge in [-0.05, 0) is 46.7 Å². The van der Waals surface area contributed by atoms with Gasteiger partial charge in [0, 0.05) is 37.7 Å². The maximum Gasteiger partial charge on any atom is 0.265 e. The molecule has 0 bridgehead atoms. The van der Waals surface area contributed by atoms with Gasteiger partial charge in [0.05, 0.1) is 5.69 Å². The number of benzene rings is 1. The van der Waals surface area contributed by atoms with Gasteiger partial charge in [-0.1, -0.05) is 36.8 Å². The zero-order valence-electron chi connectivity index (χ0n) is 19.3. The van der Waals surface area contributed by atoms with Crippen molar-refractivity contribution in [3.63, 3.8) is 0 Å². The third-order valence-corrected chi connectivity index (χ3v) is 7.29. The molecule has 31 heavy (non-hydrogen) atoms. The second-order valence-electron chi connectivity index (χ2n) is 8.81. The maximum atomic E-state index is 13.1. The monoisotopic (exact) mass is 442 g/mol. The predicted molar refractivity (Wildman–Crippen MR) is 126 cm³/mol. The van der Waals surface area contributed by atoms with E-state index in [9.17, 15) is 9.59 Å². The molecule has 2 aromatic rings. The molecule has 1 unspecified atom stereocenters. The second kappa shape index (κ2) is 10.4. The van der Waals surface area contributed by atoms with Crippen molar-refractivity contribution in [2.45, 2.75) is 33.6 Å². The van der Waals surface area contributed by atoms with Crippen LogP contribution in [0.25, 0.3) is 10.6 Å². The quantitative estimate of drug-likeness (QED) is 0.712. The lowest BCUT2D eigenvalue weighted by atomic mass is 9.85. The molecule has 6 nitrogen and oxygen atoms in total. The molecule has 3 rings (SSSR count). The molecule has 1 aliphatic rings. The van der Waals surface area contributed by atoms with Crippen LogP contribution in [0, 0.1) is 25.7 Å². The van der Waals surface area contributed by atoms with Crippen LogP contribution in [-0.4, -0.2) is 66.9 Å². The molecule has 1 aliphatic heterocycles. The average molecular weight is 443 g/mol. The Morgan fingerprint density at radius 3 is 2.45 bits per heavy atom. The number of carbonyl (C=O) groups excluding carboxylic acids is 2. The van der Waals surface area contributed by atoms with Crippen LogP contribution in [0.2, 0.25) is 0 Å². The number of piperidine rings is 1. The third kappa shape index (κ3) is 5.92. The van der Waals surface area contributed by atoms with Gasteiger partial charge in [-0.2, -0.15) is 0 Å². The fourth-order valence-electron chi connectivity index (χ4n) is 3.94. The van der Waals surface area contributed by atoms with Gasteiger partial charge in [0.15, 0.2) is 0 Å². The largest absolute Gasteiger partial charge is 0.355 e. The Kier molecular flexibility index (Phi) is 7.84. The molecule has 0 saturated carbocycles. The van der Waals surface area contributed by atoms with E-state index in [1.165, 1.54) is 16.9 Å². The number of aryl methyl sites for hydroxylation is 2. The van der Waals surface area contributed by atoms with Gasteiger partial charge in [0.1, 0.15) is 9.88 Å². The van der Waals surface area contributed by atoms with Crippen molar-refractivity contribution < 1.29 is 9.59 Å². The Bertz CT molecular complexity index is 899. The van der Waals surface area contributed by atoms with Crippen molar-refractivity contribution in [1.29, 1.82) is 0 Å². The molecule has 0 aliphatic carbocycles. The minimum absolute atomic E-state index is 0.0299. The lowest BCUT2D eigenvalue weighted by Gasteiger charge is -2.34. The first kappa shape index (κ1) is 23.4. The van der Waals surface area contributed by atoms with E-state index >= 15 is 0 Å². The van der Waals surface area contributed by atoms with E-state index in [4.69, 9.17) is 0 Å². The number of likely N-dealkylation sites (N-methyl/N-ethyl adjacent to an activating group) is 1. The first-order valence-electron chi connectivity index (χ1n) is 11.0. The topological polar surface area (TPSA) is 65.5 Å². The summed E-state index contributed by atoms with van der Waals surface area (Å²) >= 11 is 1.47. The summed E-state index contributed by atoms with van der Waals surface area (Å²) in [4.78, 5) is 34.9. The number of likely N-dealkylation sites (tertiary alicyclic amines) is 1. The van der Waals surface area contributed by atoms with Gasteiger partial charge >= 0.3 is 0 Å². The average Bonchev–Trinajstić information content (AvgIpc) is 3.14. The Labute approximate surface area is 189 Å². The number of rotatable bonds is 7. The first-order chi connectivity index (χ1) is 14.8. The zero-order valence-corrected chi connectivity index (χ0v) is 20.1. The summed E-state index contributed by atoms with van der Waals surface area (Å²) in [6.45, 7) is 8.87. The molecule has 1 aromatic heterocycles. The summed E-state index contributed by atoms with van der Waals surface area (Å²) in [5.74, 6) is 0.467. The van der Waals surface area contributed by atoms with E-state index < -0.39 is 0 Å². The van der Waals surface area contributed by atoms with Crippen LogP contribution in [0.5, 0.6) is 0 Å². The summed E-state index contributed by atoms with van der Waals surface area (Å²) in [6.07, 6.45) is 1.72. The molecule has 7 heteroatoms. The summed E-state index contributed by atoms with van der Waals surface area (Å²) < 4.78 is 0. The molecule has 0 spiro atoms. The lowest BCUT2D eigenvalue weighted by molar-refractivity contribution is -0.126. The molecule has 1 atom stereocenters. The molecule has 1 fully saturated rings. The fourth-order valence-corrected chi connectivity index (χ4v) is 4.98. The second-order valence-corrected chi connectivity index (χ2v) is 9.81. The normalized spacial score (nSPS) is 15.9. The van der Waals surface area contributed by atoms with E-state index in [2.05, 4.69) is 46.4 Å². The van der Waals surface area contributed by atoms with Gasteiger partial charge in [-0.15, -0.1) is 11.3 Å². The summed E-state index contributed by atoms with van der Waals surface area (Å²) in [5, 5.41) is 3.92. The molecule has 1 saturated heterocycles. The number of nitrogens with zero attached hydrogens (tertiary/aromatic N) is 3. The summed E-state index contributed by atoms with van der Waals surface area (Å²) in [7, 11) is 3.99. The Morgan fingerprint density at radius 1 is 1.19 bits per heavy atom. The lowest BCUT2D eigenvalue weighted by Crippen LogP contribution is -2.43. The van der Waals surface area contributed by atoms with Gasteiger partial charge < -0.3 is 15.1 Å².